The van der Waals surface area contributed by atoms with Crippen molar-refractivity contribution < 1.29 is 27.5 Å². The van der Waals surface area contributed by atoms with Gasteiger partial charge in [-0.05, 0) is 6.07 Å². The Morgan fingerprint density at radius 2 is 2.19 bits per heavy atom. The van der Waals surface area contributed by atoms with Gasteiger partial charge in [0, 0.05) is 11.8 Å². The number of alkyl halides is 3. The van der Waals surface area contributed by atoms with Crippen molar-refractivity contribution in [2.45, 2.75) is 12.7 Å². The van der Waals surface area contributed by atoms with E-state index in [2.05, 4.69) is 4.74 Å². The van der Waals surface area contributed by atoms with Gasteiger partial charge in [0.05, 0.1) is 7.11 Å². The van der Waals surface area contributed by atoms with Crippen LogP contribution in [0.4, 0.5) is 13.2 Å². The molecule has 0 N–H and O–H groups in total. The van der Waals surface area contributed by atoms with E-state index in [-0.39, 0.29) is 11.3 Å². The second kappa shape index (κ2) is 4.38. The van der Waals surface area contributed by atoms with Crippen LogP contribution >= 0.6 is 0 Å². The van der Waals surface area contributed by atoms with Crippen LogP contribution in [0.25, 0.3) is 0 Å². The van der Waals surface area contributed by atoms with E-state index in [0.29, 0.717) is 10.9 Å². The van der Waals surface area contributed by atoms with Crippen molar-refractivity contribution in [1.29, 1.82) is 0 Å². The second-order valence-electron chi connectivity index (χ2n) is 3.01. The molecule has 0 bridgehead atoms. The average molecular weight is 235 g/mol. The van der Waals surface area contributed by atoms with Gasteiger partial charge in [-0.1, -0.05) is 0 Å². The Balaban J connectivity index is 3.10. The van der Waals surface area contributed by atoms with Crippen molar-refractivity contribution in [3.05, 3.63) is 23.5 Å². The minimum absolute atomic E-state index is 0.00958. The summed E-state index contributed by atoms with van der Waals surface area (Å²) >= 11 is 0. The monoisotopic (exact) mass is 235 g/mol. The lowest BCUT2D eigenvalue weighted by Gasteiger charge is -2.10. The first-order valence-corrected chi connectivity index (χ1v) is 4.18. The van der Waals surface area contributed by atoms with E-state index in [1.165, 1.54) is 0 Å². The number of halogens is 3. The lowest BCUT2D eigenvalue weighted by atomic mass is 10.3. The van der Waals surface area contributed by atoms with E-state index in [1.54, 1.807) is 0 Å². The van der Waals surface area contributed by atoms with Crippen LogP contribution in [-0.4, -0.2) is 30.1 Å². The molecule has 0 aliphatic rings. The molecule has 0 aromatic carbocycles. The molecule has 0 amide bonds. The SMILES string of the molecule is COC(=O)c1cc(C=O)cn1CC(F)(F)F. The minimum Gasteiger partial charge on any atom is -0.464 e. The Kier molecular flexibility index (Phi) is 3.36. The Labute approximate surface area is 88.6 Å². The largest absolute Gasteiger partial charge is 0.464 e. The van der Waals surface area contributed by atoms with Crippen molar-refractivity contribution in [1.82, 2.24) is 4.57 Å². The number of ether oxygens (including phenoxy) is 1. The lowest BCUT2D eigenvalue weighted by molar-refractivity contribution is -0.140. The average Bonchev–Trinajstić information content (AvgIpc) is 2.57. The summed E-state index contributed by atoms with van der Waals surface area (Å²) in [5, 5.41) is 0. The summed E-state index contributed by atoms with van der Waals surface area (Å²) in [5.41, 5.74) is -0.313. The van der Waals surface area contributed by atoms with Gasteiger partial charge < -0.3 is 9.30 Å². The van der Waals surface area contributed by atoms with Crippen LogP contribution in [-0.2, 0) is 11.3 Å². The molecule has 1 aromatic rings. The summed E-state index contributed by atoms with van der Waals surface area (Å²) in [6.07, 6.45) is -3.16. The third-order valence-electron chi connectivity index (χ3n) is 1.80. The zero-order valence-corrected chi connectivity index (χ0v) is 8.25. The number of aromatic nitrogens is 1. The first-order chi connectivity index (χ1) is 7.37. The topological polar surface area (TPSA) is 48.3 Å². The molecule has 1 rings (SSSR count). The summed E-state index contributed by atoms with van der Waals surface area (Å²) in [5.74, 6) is -0.919. The molecule has 0 saturated heterocycles. The zero-order valence-electron chi connectivity index (χ0n) is 8.25. The standard InChI is InChI=1S/C9H8F3NO3/c1-16-8(15)7-2-6(4-14)3-13(7)5-9(10,11)12/h2-4H,5H2,1H3. The Morgan fingerprint density at radius 1 is 1.56 bits per heavy atom. The summed E-state index contributed by atoms with van der Waals surface area (Å²) in [6, 6.07) is 1.05. The van der Waals surface area contributed by atoms with E-state index in [4.69, 9.17) is 0 Å². The Morgan fingerprint density at radius 3 is 2.62 bits per heavy atom. The van der Waals surface area contributed by atoms with E-state index in [9.17, 15) is 22.8 Å². The van der Waals surface area contributed by atoms with Gasteiger partial charge in [-0.2, -0.15) is 13.2 Å². The van der Waals surface area contributed by atoms with Gasteiger partial charge in [0.1, 0.15) is 12.2 Å². The highest BCUT2D eigenvalue weighted by Crippen LogP contribution is 2.20. The van der Waals surface area contributed by atoms with E-state index < -0.39 is 18.7 Å². The fraction of sp³-hybridized carbons (Fsp3) is 0.333. The number of carbonyl (C=O) groups excluding carboxylic acids is 2. The summed E-state index contributed by atoms with van der Waals surface area (Å²) in [7, 11) is 1.05. The number of esters is 1. The van der Waals surface area contributed by atoms with Crippen molar-refractivity contribution >= 4 is 12.3 Å². The highest BCUT2D eigenvalue weighted by Gasteiger charge is 2.30. The van der Waals surface area contributed by atoms with Gasteiger partial charge >= 0.3 is 12.1 Å². The predicted octanol–water partition coefficient (Wildman–Crippen LogP) is 1.65. The molecule has 7 heteroatoms. The highest BCUT2D eigenvalue weighted by atomic mass is 19.4. The number of carbonyl (C=O) groups is 2. The van der Waals surface area contributed by atoms with Crippen LogP contribution in [0.2, 0.25) is 0 Å². The van der Waals surface area contributed by atoms with E-state index in [1.807, 2.05) is 0 Å². The number of nitrogens with zero attached hydrogens (tertiary/aromatic N) is 1. The molecular formula is C9H8F3NO3. The van der Waals surface area contributed by atoms with E-state index >= 15 is 0 Å². The Bertz CT molecular complexity index is 409. The summed E-state index contributed by atoms with van der Waals surface area (Å²) in [4.78, 5) is 21.5. The van der Waals surface area contributed by atoms with Gasteiger partial charge in [0.25, 0.3) is 0 Å². The van der Waals surface area contributed by atoms with Crippen molar-refractivity contribution in [2.24, 2.45) is 0 Å². The van der Waals surface area contributed by atoms with Crippen LogP contribution in [0, 0.1) is 0 Å². The summed E-state index contributed by atoms with van der Waals surface area (Å²) < 4.78 is 41.4. The molecule has 0 aliphatic heterocycles. The number of hydrogen-bond acceptors (Lipinski definition) is 3. The molecule has 0 saturated carbocycles. The van der Waals surface area contributed by atoms with Crippen LogP contribution in [0.5, 0.6) is 0 Å². The van der Waals surface area contributed by atoms with Gasteiger partial charge in [0.2, 0.25) is 0 Å². The fourth-order valence-corrected chi connectivity index (χ4v) is 1.20. The molecule has 4 nitrogen and oxygen atoms in total. The van der Waals surface area contributed by atoms with Crippen LogP contribution in [0.15, 0.2) is 12.3 Å². The zero-order chi connectivity index (χ0) is 12.3. The van der Waals surface area contributed by atoms with E-state index in [0.717, 1.165) is 19.4 Å². The van der Waals surface area contributed by atoms with Crippen LogP contribution < -0.4 is 0 Å². The van der Waals surface area contributed by atoms with Gasteiger partial charge in [0.15, 0.2) is 6.29 Å². The number of aldehydes is 1. The maximum atomic E-state index is 12.1. The molecule has 0 unspecified atom stereocenters. The van der Waals surface area contributed by atoms with Crippen molar-refractivity contribution in [2.75, 3.05) is 7.11 Å². The second-order valence-corrected chi connectivity index (χ2v) is 3.01. The number of rotatable bonds is 3. The minimum atomic E-state index is -4.47. The molecule has 0 radical (unpaired) electrons. The maximum Gasteiger partial charge on any atom is 0.406 e. The van der Waals surface area contributed by atoms with Gasteiger partial charge in [-0.15, -0.1) is 0 Å². The Hall–Kier alpha value is -1.79. The third kappa shape index (κ3) is 2.85. The number of methoxy groups -OCH3 is 1. The number of hydrogen-bond donors (Lipinski definition) is 0. The fourth-order valence-electron chi connectivity index (χ4n) is 1.20. The first-order valence-electron chi connectivity index (χ1n) is 4.18. The van der Waals surface area contributed by atoms with Crippen molar-refractivity contribution in [3.63, 3.8) is 0 Å². The van der Waals surface area contributed by atoms with Gasteiger partial charge in [-0.25, -0.2) is 4.79 Å². The molecule has 0 spiro atoms. The smallest absolute Gasteiger partial charge is 0.406 e. The quantitative estimate of drug-likeness (QED) is 0.591. The molecule has 1 heterocycles. The molecule has 16 heavy (non-hydrogen) atoms. The predicted molar refractivity (Wildman–Crippen MR) is 47.2 cm³/mol. The van der Waals surface area contributed by atoms with Crippen LogP contribution in [0.3, 0.4) is 0 Å². The van der Waals surface area contributed by atoms with Crippen LogP contribution in [0.1, 0.15) is 20.8 Å². The summed E-state index contributed by atoms with van der Waals surface area (Å²) in [6.45, 7) is -1.34. The van der Waals surface area contributed by atoms with Crippen molar-refractivity contribution in [3.8, 4) is 0 Å². The molecule has 0 aliphatic carbocycles. The molecule has 88 valence electrons. The molecule has 0 fully saturated rings. The maximum absolute atomic E-state index is 12.1. The molecular weight excluding hydrogens is 227 g/mol. The van der Waals surface area contributed by atoms with Gasteiger partial charge in [-0.3, -0.25) is 4.79 Å². The first kappa shape index (κ1) is 12.3. The molecule has 0 atom stereocenters. The highest BCUT2D eigenvalue weighted by molar-refractivity contribution is 5.90. The third-order valence-corrected chi connectivity index (χ3v) is 1.80. The normalized spacial score (nSPS) is 11.2. The molecule has 1 aromatic heterocycles. The lowest BCUT2D eigenvalue weighted by Crippen LogP contribution is -2.20.